The zero-order valence-corrected chi connectivity index (χ0v) is 27.4. The summed E-state index contributed by atoms with van der Waals surface area (Å²) in [5, 5.41) is 3.14. The van der Waals surface area contributed by atoms with Crippen molar-refractivity contribution in [2.75, 3.05) is 17.1 Å². The largest absolute Gasteiger partial charge is 0.416 e. The monoisotopic (exact) mass is 707 g/mol. The summed E-state index contributed by atoms with van der Waals surface area (Å²) in [6, 6.07) is 20.1. The number of nitrogens with zero attached hydrogens (tertiary/aromatic N) is 2. The maximum Gasteiger partial charge on any atom is 0.416 e. The maximum absolute atomic E-state index is 14.0. The second-order valence-electron chi connectivity index (χ2n) is 11.3. The Morgan fingerprint density at radius 3 is 2.24 bits per heavy atom. The van der Waals surface area contributed by atoms with Gasteiger partial charge in [0.1, 0.15) is 6.04 Å². The van der Waals surface area contributed by atoms with Gasteiger partial charge in [-0.2, -0.15) is 13.2 Å². The molecule has 0 bridgehead atoms. The summed E-state index contributed by atoms with van der Waals surface area (Å²) in [5.41, 5.74) is 0.581. The Hall–Kier alpha value is -3.38. The molecule has 1 aliphatic carbocycles. The van der Waals surface area contributed by atoms with Gasteiger partial charge in [0.25, 0.3) is 0 Å². The molecule has 1 saturated carbocycles. The Kier molecular flexibility index (Phi) is 11.7. The number of hydrogen-bond acceptors (Lipinski definition) is 4. The fourth-order valence-corrected chi connectivity index (χ4v) is 6.77. The normalized spacial score (nSPS) is 14.6. The van der Waals surface area contributed by atoms with Gasteiger partial charge in [0.15, 0.2) is 0 Å². The van der Waals surface area contributed by atoms with Crippen LogP contribution in [0.2, 0.25) is 0 Å². The number of hydrogen-bond donors (Lipinski definition) is 1. The fourth-order valence-electron chi connectivity index (χ4n) is 5.55. The lowest BCUT2D eigenvalue weighted by atomic mass is 10.0. The van der Waals surface area contributed by atoms with Crippen molar-refractivity contribution in [2.45, 2.75) is 69.8 Å². The quantitative estimate of drug-likeness (QED) is 0.214. The Morgan fingerprint density at radius 2 is 1.62 bits per heavy atom. The highest BCUT2D eigenvalue weighted by atomic mass is 79.9. The second-order valence-corrected chi connectivity index (χ2v) is 14.2. The van der Waals surface area contributed by atoms with E-state index in [2.05, 4.69) is 21.2 Å². The molecule has 2 amide bonds. The summed E-state index contributed by atoms with van der Waals surface area (Å²) >= 11 is 3.42. The molecule has 0 heterocycles. The highest BCUT2D eigenvalue weighted by molar-refractivity contribution is 9.10. The zero-order chi connectivity index (χ0) is 32.6. The smallest absolute Gasteiger partial charge is 0.352 e. The first-order valence-electron chi connectivity index (χ1n) is 14.8. The van der Waals surface area contributed by atoms with Gasteiger partial charge in [-0.05, 0) is 60.7 Å². The Labute approximate surface area is 271 Å². The van der Waals surface area contributed by atoms with E-state index < -0.39 is 27.8 Å². The Bertz CT molecular complexity index is 1550. The molecule has 1 N–H and O–H groups in total. The van der Waals surface area contributed by atoms with Crippen LogP contribution in [0, 0.1) is 0 Å². The van der Waals surface area contributed by atoms with Crippen molar-refractivity contribution in [1.82, 2.24) is 10.2 Å². The highest BCUT2D eigenvalue weighted by Gasteiger charge is 2.33. The first-order valence-corrected chi connectivity index (χ1v) is 17.5. The lowest BCUT2D eigenvalue weighted by molar-refractivity contribution is -0.141. The van der Waals surface area contributed by atoms with Crippen LogP contribution in [0.1, 0.15) is 55.2 Å². The third-order valence-corrected chi connectivity index (χ3v) is 9.58. The minimum atomic E-state index is -4.64. The molecule has 45 heavy (non-hydrogen) atoms. The molecule has 1 fully saturated rings. The number of rotatable bonds is 13. The van der Waals surface area contributed by atoms with Gasteiger partial charge in [-0.25, -0.2) is 8.42 Å². The third kappa shape index (κ3) is 10.1. The number of sulfonamides is 1. The van der Waals surface area contributed by atoms with Crippen LogP contribution < -0.4 is 9.62 Å². The van der Waals surface area contributed by atoms with E-state index in [1.807, 2.05) is 54.6 Å². The average molecular weight is 709 g/mol. The van der Waals surface area contributed by atoms with Crippen LogP contribution >= 0.6 is 15.9 Å². The number of amides is 2. The molecular weight excluding hydrogens is 671 g/mol. The molecule has 0 aliphatic heterocycles. The Balaban J connectivity index is 1.59. The Morgan fingerprint density at radius 1 is 0.956 bits per heavy atom. The fraction of sp³-hybridized carbons (Fsp3) is 0.394. The topological polar surface area (TPSA) is 86.8 Å². The van der Waals surface area contributed by atoms with Crippen LogP contribution in [-0.2, 0) is 38.8 Å². The van der Waals surface area contributed by atoms with Crippen LogP contribution in [0.5, 0.6) is 0 Å². The number of alkyl halides is 3. The van der Waals surface area contributed by atoms with Crippen molar-refractivity contribution in [2.24, 2.45) is 0 Å². The van der Waals surface area contributed by atoms with Crippen LogP contribution in [-0.4, -0.2) is 50.0 Å². The molecule has 1 aliphatic rings. The molecule has 242 valence electrons. The van der Waals surface area contributed by atoms with E-state index in [1.54, 1.807) is 0 Å². The van der Waals surface area contributed by atoms with Gasteiger partial charge in [-0.15, -0.1) is 0 Å². The molecule has 0 spiro atoms. The van der Waals surface area contributed by atoms with Gasteiger partial charge in [0, 0.05) is 36.4 Å². The van der Waals surface area contributed by atoms with Crippen LogP contribution in [0.3, 0.4) is 0 Å². The number of benzene rings is 3. The van der Waals surface area contributed by atoms with Gasteiger partial charge in [0.05, 0.1) is 17.5 Å². The van der Waals surface area contributed by atoms with E-state index in [1.165, 1.54) is 11.0 Å². The number of anilines is 1. The molecule has 3 aromatic rings. The number of nitrogens with one attached hydrogen (secondary N) is 1. The van der Waals surface area contributed by atoms with E-state index in [0.29, 0.717) is 0 Å². The van der Waals surface area contributed by atoms with E-state index in [0.717, 1.165) is 70.0 Å². The van der Waals surface area contributed by atoms with Crippen molar-refractivity contribution in [3.8, 4) is 0 Å². The average Bonchev–Trinajstić information content (AvgIpc) is 3.50. The van der Waals surface area contributed by atoms with Gasteiger partial charge in [-0.3, -0.25) is 13.9 Å². The molecule has 3 aromatic carbocycles. The predicted octanol–water partition coefficient (Wildman–Crippen LogP) is 6.71. The molecule has 7 nitrogen and oxygen atoms in total. The van der Waals surface area contributed by atoms with E-state index in [4.69, 9.17) is 0 Å². The summed E-state index contributed by atoms with van der Waals surface area (Å²) < 4.78 is 67.0. The summed E-state index contributed by atoms with van der Waals surface area (Å²) in [6.07, 6.45) is 0.263. The number of carbonyl (C=O) groups is 2. The lowest BCUT2D eigenvalue weighted by Crippen LogP contribution is -2.52. The molecule has 0 radical (unpaired) electrons. The van der Waals surface area contributed by atoms with Gasteiger partial charge >= 0.3 is 6.18 Å². The van der Waals surface area contributed by atoms with Crippen molar-refractivity contribution in [3.05, 3.63) is 100 Å². The van der Waals surface area contributed by atoms with Crippen molar-refractivity contribution in [1.29, 1.82) is 0 Å². The molecule has 0 saturated heterocycles. The van der Waals surface area contributed by atoms with Crippen LogP contribution in [0.4, 0.5) is 18.9 Å². The summed E-state index contributed by atoms with van der Waals surface area (Å²) in [7, 11) is -3.96. The van der Waals surface area contributed by atoms with E-state index in [-0.39, 0.29) is 55.9 Å². The second kappa shape index (κ2) is 15.3. The zero-order valence-electron chi connectivity index (χ0n) is 25.0. The first kappa shape index (κ1) is 34.5. The SMILES string of the molecule is CS(=O)(=O)N(CCCC(=O)N(Cc1ccc(Br)cc1)C(Cc1ccccc1)C(=O)NC1CCCC1)c1cccc(C(F)(F)F)c1. The van der Waals surface area contributed by atoms with E-state index in [9.17, 15) is 31.2 Å². The number of carbonyl (C=O) groups excluding carboxylic acids is 2. The molecule has 12 heteroatoms. The summed E-state index contributed by atoms with van der Waals surface area (Å²) in [4.78, 5) is 29.3. The van der Waals surface area contributed by atoms with Crippen LogP contribution in [0.25, 0.3) is 0 Å². The number of halogens is 4. The maximum atomic E-state index is 14.0. The summed E-state index contributed by atoms with van der Waals surface area (Å²) in [5.74, 6) is -0.615. The van der Waals surface area contributed by atoms with Gasteiger partial charge in [0.2, 0.25) is 21.8 Å². The molecule has 0 aromatic heterocycles. The van der Waals surface area contributed by atoms with Crippen molar-refractivity contribution >= 4 is 43.5 Å². The van der Waals surface area contributed by atoms with Gasteiger partial charge < -0.3 is 10.2 Å². The van der Waals surface area contributed by atoms with Crippen LogP contribution in [0.15, 0.2) is 83.3 Å². The molecular formula is C33H37BrF3N3O4S. The standard InChI is InChI=1S/C33H37BrF3N3O4S/c1-45(43,44)40(29-14-7-11-26(22-29)33(35,36)37)20-8-15-31(41)39(23-25-16-18-27(34)19-17-25)30(21-24-9-3-2-4-10-24)32(42)38-28-12-5-6-13-28/h2-4,7,9-11,14,16-19,22,28,30H,5-6,8,12-13,15,20-21,23H2,1H3,(H,38,42). The minimum absolute atomic E-state index is 0.0291. The van der Waals surface area contributed by atoms with Crippen molar-refractivity contribution < 1.29 is 31.2 Å². The van der Waals surface area contributed by atoms with Crippen molar-refractivity contribution in [3.63, 3.8) is 0 Å². The lowest BCUT2D eigenvalue weighted by Gasteiger charge is -2.33. The third-order valence-electron chi connectivity index (χ3n) is 7.85. The first-order chi connectivity index (χ1) is 21.3. The minimum Gasteiger partial charge on any atom is -0.352 e. The highest BCUT2D eigenvalue weighted by Crippen LogP contribution is 2.32. The molecule has 1 atom stereocenters. The summed E-state index contributed by atoms with van der Waals surface area (Å²) in [6.45, 7) is -0.0687. The van der Waals surface area contributed by atoms with Gasteiger partial charge in [-0.1, -0.05) is 77.3 Å². The molecule has 4 rings (SSSR count). The predicted molar refractivity (Wildman–Crippen MR) is 172 cm³/mol. The molecule has 1 unspecified atom stereocenters. The van der Waals surface area contributed by atoms with E-state index >= 15 is 0 Å².